The van der Waals surface area contributed by atoms with Crippen molar-refractivity contribution in [2.45, 2.75) is 26.2 Å². The van der Waals surface area contributed by atoms with Gasteiger partial charge in [-0.15, -0.1) is 0 Å². The molecule has 0 aromatic heterocycles. The van der Waals surface area contributed by atoms with E-state index in [0.717, 1.165) is 5.57 Å². The van der Waals surface area contributed by atoms with Crippen LogP contribution in [0.15, 0.2) is 48.0 Å². The Balaban J connectivity index is 1.48. The molecule has 0 spiro atoms. The number of benzene rings is 2. The number of hydrogen-bond donors (Lipinski definition) is 1. The maximum atomic E-state index is 15.0. The molecule has 2 aliphatic heterocycles. The van der Waals surface area contributed by atoms with Gasteiger partial charge in [-0.05, 0) is 42.3 Å². The molecule has 0 aliphatic carbocycles. The molecular formula is C26H26F2N4O2. The molecule has 6 nitrogen and oxygen atoms in total. The first-order valence-corrected chi connectivity index (χ1v) is 11.3. The summed E-state index contributed by atoms with van der Waals surface area (Å²) in [5.74, 6) is -1.27. The third-order valence-electron chi connectivity index (χ3n) is 6.32. The highest BCUT2D eigenvalue weighted by Crippen LogP contribution is 2.33. The fraction of sp³-hybridized carbons (Fsp3) is 0.346. The summed E-state index contributed by atoms with van der Waals surface area (Å²) in [7, 11) is 0. The van der Waals surface area contributed by atoms with Crippen LogP contribution < -0.4 is 15.1 Å². The van der Waals surface area contributed by atoms with E-state index >= 15 is 4.39 Å². The first kappa shape index (κ1) is 23.4. The van der Waals surface area contributed by atoms with Gasteiger partial charge in [-0.2, -0.15) is 5.26 Å². The highest BCUT2D eigenvalue weighted by Gasteiger charge is 2.31. The summed E-state index contributed by atoms with van der Waals surface area (Å²) in [6.07, 6.45) is 3.36. The van der Waals surface area contributed by atoms with Crippen LogP contribution in [0.1, 0.15) is 26.2 Å². The largest absolute Gasteiger partial charge is 0.365 e. The molecule has 2 amide bonds. The number of anilines is 2. The van der Waals surface area contributed by atoms with Crippen LogP contribution in [0, 0.1) is 28.9 Å². The summed E-state index contributed by atoms with van der Waals surface area (Å²) in [5, 5.41) is 11.5. The maximum Gasteiger partial charge on any atom is 0.227 e. The summed E-state index contributed by atoms with van der Waals surface area (Å²) in [6, 6.07) is 11.3. The highest BCUT2D eigenvalue weighted by atomic mass is 19.1. The fourth-order valence-electron chi connectivity index (χ4n) is 4.48. The van der Waals surface area contributed by atoms with Gasteiger partial charge in [0.1, 0.15) is 11.6 Å². The summed E-state index contributed by atoms with van der Waals surface area (Å²) < 4.78 is 29.9. The third kappa shape index (κ3) is 5.09. The average molecular weight is 465 g/mol. The van der Waals surface area contributed by atoms with Gasteiger partial charge in [0.15, 0.2) is 0 Å². The van der Waals surface area contributed by atoms with Gasteiger partial charge in [-0.1, -0.05) is 17.7 Å². The lowest BCUT2D eigenvalue weighted by Crippen LogP contribution is -2.29. The van der Waals surface area contributed by atoms with E-state index in [1.807, 2.05) is 11.0 Å². The van der Waals surface area contributed by atoms with Gasteiger partial charge in [-0.25, -0.2) is 8.78 Å². The minimum Gasteiger partial charge on any atom is -0.365 e. The number of carbonyl (C=O) groups is 2. The van der Waals surface area contributed by atoms with Gasteiger partial charge in [0.25, 0.3) is 0 Å². The number of nitriles is 1. The Bertz CT molecular complexity index is 1190. The molecule has 0 saturated carbocycles. The van der Waals surface area contributed by atoms with Crippen molar-refractivity contribution in [3.8, 4) is 17.2 Å². The van der Waals surface area contributed by atoms with Crippen LogP contribution in [0.2, 0.25) is 0 Å². The van der Waals surface area contributed by atoms with Crippen molar-refractivity contribution in [2.75, 3.05) is 36.0 Å². The molecule has 1 N–H and O–H groups in total. The SMILES string of the molecule is CC(=O)NC[C@@H]1CC(=O)N(c2ccc(-c3ccc(N4CC=C(CC#N)CC4)c(F)c3)c(F)c2)C1. The topological polar surface area (TPSA) is 76.4 Å². The number of nitrogens with zero attached hydrogens (tertiary/aromatic N) is 3. The molecule has 8 heteroatoms. The number of amides is 2. The zero-order valence-corrected chi connectivity index (χ0v) is 19.0. The molecule has 2 heterocycles. The molecule has 0 unspecified atom stereocenters. The third-order valence-corrected chi connectivity index (χ3v) is 6.32. The van der Waals surface area contributed by atoms with Crippen molar-refractivity contribution in [1.82, 2.24) is 5.32 Å². The van der Waals surface area contributed by atoms with Gasteiger partial charge in [-0.3, -0.25) is 9.59 Å². The number of hydrogen-bond acceptors (Lipinski definition) is 4. The van der Waals surface area contributed by atoms with Gasteiger partial charge < -0.3 is 15.1 Å². The number of halogens is 2. The Labute approximate surface area is 197 Å². The number of rotatable bonds is 6. The van der Waals surface area contributed by atoms with Crippen molar-refractivity contribution < 1.29 is 18.4 Å². The molecule has 4 rings (SSSR count). The molecule has 2 aromatic carbocycles. The lowest BCUT2D eigenvalue weighted by atomic mass is 10.0. The maximum absolute atomic E-state index is 15.0. The smallest absolute Gasteiger partial charge is 0.227 e. The molecule has 1 saturated heterocycles. The zero-order chi connectivity index (χ0) is 24.2. The molecular weight excluding hydrogens is 438 g/mol. The molecule has 2 aromatic rings. The van der Waals surface area contributed by atoms with Crippen LogP contribution in [0.25, 0.3) is 11.1 Å². The van der Waals surface area contributed by atoms with Crippen molar-refractivity contribution in [2.24, 2.45) is 5.92 Å². The Kier molecular flexibility index (Phi) is 6.92. The quantitative estimate of drug-likeness (QED) is 0.651. The standard InChI is InChI=1S/C26H26F2N4O2/c1-17(33)30-15-19-12-26(34)32(16-19)21-3-4-22(23(27)14-21)20-2-5-25(24(28)13-20)31-10-7-18(6-9-29)8-11-31/h2-5,7,13-14,19H,6,8,10-12,15-16H2,1H3,(H,30,33)/t19-/m0/s1. The summed E-state index contributed by atoms with van der Waals surface area (Å²) in [6.45, 7) is 3.38. The Morgan fingerprint density at radius 1 is 1.21 bits per heavy atom. The molecule has 2 aliphatic rings. The summed E-state index contributed by atoms with van der Waals surface area (Å²) in [5.41, 5.74) is 2.63. The second kappa shape index (κ2) is 10.0. The minimum atomic E-state index is -0.537. The van der Waals surface area contributed by atoms with Crippen molar-refractivity contribution in [3.63, 3.8) is 0 Å². The molecule has 34 heavy (non-hydrogen) atoms. The fourth-order valence-corrected chi connectivity index (χ4v) is 4.48. The van der Waals surface area contributed by atoms with E-state index in [4.69, 9.17) is 5.26 Å². The Morgan fingerprint density at radius 3 is 2.68 bits per heavy atom. The van der Waals surface area contributed by atoms with E-state index in [1.54, 1.807) is 24.3 Å². The first-order chi connectivity index (χ1) is 16.4. The molecule has 1 fully saturated rings. The van der Waals surface area contributed by atoms with Crippen molar-refractivity contribution in [1.29, 1.82) is 5.26 Å². The van der Waals surface area contributed by atoms with Crippen molar-refractivity contribution >= 4 is 23.2 Å². The van der Waals surface area contributed by atoms with Crippen LogP contribution in [-0.2, 0) is 9.59 Å². The van der Waals surface area contributed by atoms with Crippen LogP contribution in [0.5, 0.6) is 0 Å². The second-order valence-corrected chi connectivity index (χ2v) is 8.74. The minimum absolute atomic E-state index is 0.0265. The van der Waals surface area contributed by atoms with Crippen molar-refractivity contribution in [3.05, 3.63) is 59.7 Å². The van der Waals surface area contributed by atoms with E-state index in [1.165, 1.54) is 24.0 Å². The number of nitrogens with one attached hydrogen (secondary N) is 1. The molecule has 0 bridgehead atoms. The molecule has 176 valence electrons. The Morgan fingerprint density at radius 2 is 2.03 bits per heavy atom. The van der Waals surface area contributed by atoms with Crippen LogP contribution in [-0.4, -0.2) is 38.0 Å². The summed E-state index contributed by atoms with van der Waals surface area (Å²) >= 11 is 0. The second-order valence-electron chi connectivity index (χ2n) is 8.74. The normalized spacial score (nSPS) is 18.0. The summed E-state index contributed by atoms with van der Waals surface area (Å²) in [4.78, 5) is 26.9. The molecule has 0 radical (unpaired) electrons. The van der Waals surface area contributed by atoms with E-state index in [-0.39, 0.29) is 23.3 Å². The van der Waals surface area contributed by atoms with Crippen LogP contribution in [0.4, 0.5) is 20.2 Å². The van der Waals surface area contributed by atoms with Crippen LogP contribution >= 0.6 is 0 Å². The monoisotopic (exact) mass is 464 g/mol. The lowest BCUT2D eigenvalue weighted by molar-refractivity contribution is -0.120. The predicted molar refractivity (Wildman–Crippen MR) is 126 cm³/mol. The highest BCUT2D eigenvalue weighted by molar-refractivity contribution is 5.96. The average Bonchev–Trinajstić information content (AvgIpc) is 3.19. The lowest BCUT2D eigenvalue weighted by Gasteiger charge is -2.28. The van der Waals surface area contributed by atoms with Gasteiger partial charge >= 0.3 is 0 Å². The first-order valence-electron chi connectivity index (χ1n) is 11.3. The zero-order valence-electron chi connectivity index (χ0n) is 19.0. The van der Waals surface area contributed by atoms with Gasteiger partial charge in [0, 0.05) is 56.7 Å². The van der Waals surface area contributed by atoms with Gasteiger partial charge in [0.2, 0.25) is 11.8 Å². The van der Waals surface area contributed by atoms with E-state index < -0.39 is 11.6 Å². The predicted octanol–water partition coefficient (Wildman–Crippen LogP) is 4.17. The van der Waals surface area contributed by atoms with E-state index in [9.17, 15) is 14.0 Å². The molecule has 1 atom stereocenters. The van der Waals surface area contributed by atoms with Crippen LogP contribution in [0.3, 0.4) is 0 Å². The number of carbonyl (C=O) groups excluding carboxylic acids is 2. The van der Waals surface area contributed by atoms with Gasteiger partial charge in [0.05, 0.1) is 18.2 Å². The Hall–Kier alpha value is -3.73. The van der Waals surface area contributed by atoms with E-state index in [0.29, 0.717) is 62.4 Å². The van der Waals surface area contributed by atoms with E-state index in [2.05, 4.69) is 11.4 Å².